The molecule has 0 heterocycles. The molecule has 1 aromatic carbocycles. The fourth-order valence-electron chi connectivity index (χ4n) is 2.13. The van der Waals surface area contributed by atoms with Crippen molar-refractivity contribution < 1.29 is 9.84 Å². The minimum absolute atomic E-state index is 0.252. The van der Waals surface area contributed by atoms with Crippen LogP contribution in [0.2, 0.25) is 0 Å². The molecule has 0 radical (unpaired) electrons. The molecule has 0 aromatic heterocycles. The van der Waals surface area contributed by atoms with E-state index < -0.39 is 6.10 Å². The van der Waals surface area contributed by atoms with Crippen LogP contribution < -0.4 is 4.74 Å². The van der Waals surface area contributed by atoms with Gasteiger partial charge in [0.2, 0.25) is 0 Å². The van der Waals surface area contributed by atoms with Gasteiger partial charge in [0, 0.05) is 18.6 Å². The summed E-state index contributed by atoms with van der Waals surface area (Å²) in [7, 11) is 0. The predicted octanol–water partition coefficient (Wildman–Crippen LogP) is 2.42. The number of aliphatic hydroxyl groups excluding tert-OH is 1. The fraction of sp³-hybridized carbons (Fsp3) is 0.562. The summed E-state index contributed by atoms with van der Waals surface area (Å²) in [6.45, 7) is 9.32. The van der Waals surface area contributed by atoms with Crippen molar-refractivity contribution in [1.29, 1.82) is 5.26 Å². The van der Waals surface area contributed by atoms with Crippen LogP contribution >= 0.6 is 0 Å². The van der Waals surface area contributed by atoms with Crippen molar-refractivity contribution in [2.45, 2.75) is 45.9 Å². The van der Waals surface area contributed by atoms with Gasteiger partial charge in [-0.05, 0) is 52.0 Å². The van der Waals surface area contributed by atoms with E-state index in [9.17, 15) is 5.11 Å². The second-order valence-electron chi connectivity index (χ2n) is 5.49. The predicted molar refractivity (Wildman–Crippen MR) is 79.6 cm³/mol. The first-order valence-corrected chi connectivity index (χ1v) is 7.00. The number of rotatable bonds is 7. The molecule has 1 unspecified atom stereocenters. The zero-order valence-electron chi connectivity index (χ0n) is 12.7. The second-order valence-corrected chi connectivity index (χ2v) is 5.49. The summed E-state index contributed by atoms with van der Waals surface area (Å²) in [4.78, 5) is 2.23. The van der Waals surface area contributed by atoms with Crippen LogP contribution in [-0.2, 0) is 0 Å². The lowest BCUT2D eigenvalue weighted by molar-refractivity contribution is 0.0445. The van der Waals surface area contributed by atoms with Crippen molar-refractivity contribution >= 4 is 0 Å². The molecule has 0 fully saturated rings. The molecule has 1 atom stereocenters. The van der Waals surface area contributed by atoms with Gasteiger partial charge in [0.25, 0.3) is 0 Å². The van der Waals surface area contributed by atoms with Crippen LogP contribution in [0.4, 0.5) is 0 Å². The molecule has 20 heavy (non-hydrogen) atoms. The molecule has 0 saturated heterocycles. The van der Waals surface area contributed by atoms with Crippen LogP contribution in [-0.4, -0.2) is 41.3 Å². The van der Waals surface area contributed by atoms with Gasteiger partial charge in [-0.3, -0.25) is 4.90 Å². The van der Waals surface area contributed by atoms with Crippen LogP contribution in [0.1, 0.15) is 33.3 Å². The molecule has 0 aliphatic heterocycles. The van der Waals surface area contributed by atoms with Gasteiger partial charge >= 0.3 is 0 Å². The summed E-state index contributed by atoms with van der Waals surface area (Å²) in [5.74, 6) is 0.670. The number of nitriles is 1. The summed E-state index contributed by atoms with van der Waals surface area (Å²) >= 11 is 0. The lowest BCUT2D eigenvalue weighted by atomic mass is 10.2. The second kappa shape index (κ2) is 7.88. The average Bonchev–Trinajstić information content (AvgIpc) is 2.42. The highest BCUT2D eigenvalue weighted by molar-refractivity contribution is 5.34. The van der Waals surface area contributed by atoms with Crippen LogP contribution in [0.5, 0.6) is 5.75 Å². The molecular formula is C16H24N2O2. The van der Waals surface area contributed by atoms with E-state index in [-0.39, 0.29) is 6.61 Å². The Morgan fingerprint density at radius 3 is 2.15 bits per heavy atom. The van der Waals surface area contributed by atoms with E-state index >= 15 is 0 Å². The Kier molecular flexibility index (Phi) is 6.50. The molecule has 4 heteroatoms. The summed E-state index contributed by atoms with van der Waals surface area (Å²) < 4.78 is 5.54. The molecule has 0 saturated carbocycles. The maximum absolute atomic E-state index is 10.1. The largest absolute Gasteiger partial charge is 0.491 e. The molecule has 0 bridgehead atoms. The fourth-order valence-corrected chi connectivity index (χ4v) is 2.13. The first-order chi connectivity index (χ1) is 9.43. The first-order valence-electron chi connectivity index (χ1n) is 7.00. The van der Waals surface area contributed by atoms with Crippen molar-refractivity contribution in [1.82, 2.24) is 4.90 Å². The highest BCUT2D eigenvalue weighted by Crippen LogP contribution is 2.12. The third-order valence-corrected chi connectivity index (χ3v) is 3.17. The molecule has 1 N–H and O–H groups in total. The zero-order valence-corrected chi connectivity index (χ0v) is 12.7. The average molecular weight is 276 g/mol. The minimum atomic E-state index is -0.532. The number of benzene rings is 1. The Morgan fingerprint density at radius 1 is 1.15 bits per heavy atom. The van der Waals surface area contributed by atoms with Gasteiger partial charge in [0.1, 0.15) is 18.5 Å². The number of hydrogen-bond donors (Lipinski definition) is 1. The van der Waals surface area contributed by atoms with E-state index in [1.54, 1.807) is 24.3 Å². The summed E-state index contributed by atoms with van der Waals surface area (Å²) in [6.07, 6.45) is -0.532. The SMILES string of the molecule is CC(C)N(CC(O)COc1ccc(C#N)cc1)C(C)C. The van der Waals surface area contributed by atoms with Crippen molar-refractivity contribution in [3.8, 4) is 11.8 Å². The maximum Gasteiger partial charge on any atom is 0.119 e. The van der Waals surface area contributed by atoms with Crippen LogP contribution in [0.25, 0.3) is 0 Å². The van der Waals surface area contributed by atoms with Gasteiger partial charge in [0.05, 0.1) is 11.6 Å². The minimum Gasteiger partial charge on any atom is -0.491 e. The first kappa shape index (κ1) is 16.5. The standard InChI is InChI=1S/C16H24N2O2/c1-12(2)18(13(3)4)10-15(19)11-20-16-7-5-14(9-17)6-8-16/h5-8,12-13,15,19H,10-11H2,1-4H3. The van der Waals surface area contributed by atoms with Crippen molar-refractivity contribution in [2.75, 3.05) is 13.2 Å². The molecule has 4 nitrogen and oxygen atoms in total. The van der Waals surface area contributed by atoms with E-state index in [4.69, 9.17) is 10.00 Å². The van der Waals surface area contributed by atoms with E-state index in [2.05, 4.69) is 38.7 Å². The molecular weight excluding hydrogens is 252 g/mol. The van der Waals surface area contributed by atoms with Crippen LogP contribution in [0.15, 0.2) is 24.3 Å². The monoisotopic (exact) mass is 276 g/mol. The number of nitrogens with zero attached hydrogens (tertiary/aromatic N) is 2. The van der Waals surface area contributed by atoms with E-state index in [0.29, 0.717) is 29.9 Å². The normalized spacial score (nSPS) is 12.8. The Labute approximate surface area is 121 Å². The lowest BCUT2D eigenvalue weighted by Gasteiger charge is -2.32. The quantitative estimate of drug-likeness (QED) is 0.831. The van der Waals surface area contributed by atoms with Crippen LogP contribution in [0, 0.1) is 11.3 Å². The third kappa shape index (κ3) is 5.20. The van der Waals surface area contributed by atoms with Crippen molar-refractivity contribution in [3.05, 3.63) is 29.8 Å². The highest BCUT2D eigenvalue weighted by atomic mass is 16.5. The topological polar surface area (TPSA) is 56.5 Å². The van der Waals surface area contributed by atoms with Gasteiger partial charge in [-0.15, -0.1) is 0 Å². The molecule has 0 amide bonds. The molecule has 1 aromatic rings. The van der Waals surface area contributed by atoms with Gasteiger partial charge in [-0.2, -0.15) is 5.26 Å². The summed E-state index contributed by atoms with van der Waals surface area (Å²) in [5, 5.41) is 18.8. The van der Waals surface area contributed by atoms with Gasteiger partial charge in [-0.25, -0.2) is 0 Å². The summed E-state index contributed by atoms with van der Waals surface area (Å²) in [6, 6.07) is 9.73. The Morgan fingerprint density at radius 2 is 1.70 bits per heavy atom. The Bertz CT molecular complexity index is 427. The maximum atomic E-state index is 10.1. The van der Waals surface area contributed by atoms with E-state index in [1.807, 2.05) is 0 Å². The molecule has 0 aliphatic carbocycles. The molecule has 110 valence electrons. The Balaban J connectivity index is 2.46. The van der Waals surface area contributed by atoms with E-state index in [1.165, 1.54) is 0 Å². The Hall–Kier alpha value is -1.57. The molecule has 0 spiro atoms. The smallest absolute Gasteiger partial charge is 0.119 e. The van der Waals surface area contributed by atoms with Gasteiger partial charge in [0.15, 0.2) is 0 Å². The van der Waals surface area contributed by atoms with Crippen molar-refractivity contribution in [2.24, 2.45) is 0 Å². The number of aliphatic hydroxyl groups is 1. The lowest BCUT2D eigenvalue weighted by Crippen LogP contribution is -2.43. The van der Waals surface area contributed by atoms with Gasteiger partial charge < -0.3 is 9.84 Å². The van der Waals surface area contributed by atoms with E-state index in [0.717, 1.165) is 0 Å². The number of ether oxygens (including phenoxy) is 1. The zero-order chi connectivity index (χ0) is 15.1. The summed E-state index contributed by atoms with van der Waals surface area (Å²) in [5.41, 5.74) is 0.601. The number of hydrogen-bond acceptors (Lipinski definition) is 4. The molecule has 0 aliphatic rings. The van der Waals surface area contributed by atoms with Crippen molar-refractivity contribution in [3.63, 3.8) is 0 Å². The third-order valence-electron chi connectivity index (χ3n) is 3.17. The van der Waals surface area contributed by atoms with Crippen LogP contribution in [0.3, 0.4) is 0 Å². The molecule has 1 rings (SSSR count). The highest BCUT2D eigenvalue weighted by Gasteiger charge is 2.17. The van der Waals surface area contributed by atoms with Gasteiger partial charge in [-0.1, -0.05) is 0 Å².